The molecule has 0 unspecified atom stereocenters. The van der Waals surface area contributed by atoms with E-state index in [1.165, 1.54) is 6.07 Å². The number of halogens is 7. The highest BCUT2D eigenvalue weighted by atomic mass is 19.4. The molecule has 1 aliphatic rings. The minimum Gasteiger partial charge on any atom is -0.367 e. The van der Waals surface area contributed by atoms with Crippen LogP contribution in [0.3, 0.4) is 0 Å². The number of rotatable bonds is 3. The van der Waals surface area contributed by atoms with Gasteiger partial charge in [0.05, 0.1) is 16.8 Å². The molecule has 0 radical (unpaired) electrons. The van der Waals surface area contributed by atoms with Crippen LogP contribution in [0.25, 0.3) is 10.9 Å². The summed E-state index contributed by atoms with van der Waals surface area (Å²) in [6.07, 6.45) is -7.46. The van der Waals surface area contributed by atoms with Crippen LogP contribution in [0, 0.1) is 5.82 Å². The Bertz CT molecular complexity index is 1080. The van der Waals surface area contributed by atoms with Crippen LogP contribution < -0.4 is 4.90 Å². The van der Waals surface area contributed by atoms with Gasteiger partial charge in [0, 0.05) is 49.8 Å². The molecule has 1 saturated heterocycles. The van der Waals surface area contributed by atoms with Crippen LogP contribution in [0.1, 0.15) is 16.7 Å². The number of hydrogen-bond donors (Lipinski definition) is 1. The van der Waals surface area contributed by atoms with E-state index in [2.05, 4.69) is 4.98 Å². The van der Waals surface area contributed by atoms with E-state index in [-0.39, 0.29) is 12.1 Å². The fourth-order valence-electron chi connectivity index (χ4n) is 3.88. The van der Waals surface area contributed by atoms with Crippen LogP contribution in [-0.4, -0.2) is 36.1 Å². The van der Waals surface area contributed by atoms with Crippen molar-refractivity contribution in [2.75, 3.05) is 31.1 Å². The Kier molecular flexibility index (Phi) is 5.36. The summed E-state index contributed by atoms with van der Waals surface area (Å²) in [4.78, 5) is 6.68. The van der Waals surface area contributed by atoms with Gasteiger partial charge in [-0.25, -0.2) is 4.39 Å². The van der Waals surface area contributed by atoms with E-state index < -0.39 is 29.3 Å². The van der Waals surface area contributed by atoms with E-state index >= 15 is 0 Å². The lowest BCUT2D eigenvalue weighted by molar-refractivity contribution is -0.139. The Morgan fingerprint density at radius 1 is 0.839 bits per heavy atom. The first kappa shape index (κ1) is 21.5. The molecule has 10 heteroatoms. The van der Waals surface area contributed by atoms with E-state index in [1.54, 1.807) is 6.20 Å². The second-order valence-corrected chi connectivity index (χ2v) is 7.49. The molecule has 0 amide bonds. The summed E-state index contributed by atoms with van der Waals surface area (Å²) in [5.74, 6) is -0.946. The lowest BCUT2D eigenvalue weighted by Gasteiger charge is -2.36. The van der Waals surface area contributed by atoms with Crippen molar-refractivity contribution in [1.29, 1.82) is 0 Å². The third kappa shape index (κ3) is 4.48. The Labute approximate surface area is 173 Å². The second-order valence-electron chi connectivity index (χ2n) is 7.49. The molecular weight excluding hydrogens is 427 g/mol. The van der Waals surface area contributed by atoms with Crippen molar-refractivity contribution in [3.05, 3.63) is 65.1 Å². The SMILES string of the molecule is Fc1ccc(CN2CCN(c3c[nH]c4ccc(C(F)(F)F)cc34)CC2)c(C(F)(F)F)c1. The number of alkyl halides is 6. The van der Waals surface area contributed by atoms with Crippen LogP contribution in [0.4, 0.5) is 36.4 Å². The third-order valence-corrected chi connectivity index (χ3v) is 5.47. The number of aromatic nitrogens is 1. The van der Waals surface area contributed by atoms with Gasteiger partial charge in [0.2, 0.25) is 0 Å². The fraction of sp³-hybridized carbons (Fsp3) is 0.333. The molecule has 0 saturated carbocycles. The monoisotopic (exact) mass is 445 g/mol. The van der Waals surface area contributed by atoms with Gasteiger partial charge >= 0.3 is 12.4 Å². The molecule has 1 aliphatic heterocycles. The summed E-state index contributed by atoms with van der Waals surface area (Å²) in [7, 11) is 0. The lowest BCUT2D eigenvalue weighted by atomic mass is 10.1. The number of nitrogens with zero attached hydrogens (tertiary/aromatic N) is 2. The molecule has 2 aromatic carbocycles. The van der Waals surface area contributed by atoms with Crippen molar-refractivity contribution in [2.24, 2.45) is 0 Å². The Morgan fingerprint density at radius 3 is 2.19 bits per heavy atom. The van der Waals surface area contributed by atoms with E-state index in [4.69, 9.17) is 0 Å². The molecule has 0 bridgehead atoms. The number of H-pyrrole nitrogens is 1. The molecule has 0 spiro atoms. The second kappa shape index (κ2) is 7.74. The third-order valence-electron chi connectivity index (χ3n) is 5.47. The molecule has 3 aromatic rings. The number of hydrogen-bond acceptors (Lipinski definition) is 2. The quantitative estimate of drug-likeness (QED) is 0.525. The first-order chi connectivity index (χ1) is 14.5. The molecule has 1 N–H and O–H groups in total. The molecule has 4 rings (SSSR count). The van der Waals surface area contributed by atoms with E-state index in [9.17, 15) is 30.7 Å². The number of nitrogens with one attached hydrogen (secondary N) is 1. The molecule has 0 aliphatic carbocycles. The predicted molar refractivity (Wildman–Crippen MR) is 102 cm³/mol. The lowest BCUT2D eigenvalue weighted by Crippen LogP contribution is -2.46. The number of fused-ring (bicyclic) bond motifs is 1. The zero-order valence-electron chi connectivity index (χ0n) is 16.1. The molecular formula is C21H18F7N3. The Hall–Kier alpha value is -2.75. The predicted octanol–water partition coefficient (Wildman–Crippen LogP) is 5.67. The first-order valence-corrected chi connectivity index (χ1v) is 9.53. The highest BCUT2D eigenvalue weighted by molar-refractivity contribution is 5.93. The average molecular weight is 445 g/mol. The van der Waals surface area contributed by atoms with Gasteiger partial charge in [0.1, 0.15) is 5.82 Å². The fourth-order valence-corrected chi connectivity index (χ4v) is 3.88. The molecule has 31 heavy (non-hydrogen) atoms. The summed E-state index contributed by atoms with van der Waals surface area (Å²) in [6, 6.07) is 6.14. The minimum absolute atomic E-state index is 0.00900. The van der Waals surface area contributed by atoms with Gasteiger partial charge in [-0.3, -0.25) is 4.90 Å². The summed E-state index contributed by atoms with van der Waals surface area (Å²) in [6.45, 7) is 1.72. The highest BCUT2D eigenvalue weighted by Crippen LogP contribution is 2.36. The van der Waals surface area contributed by atoms with Crippen LogP contribution in [-0.2, 0) is 18.9 Å². The van der Waals surface area contributed by atoms with Gasteiger partial charge in [0.15, 0.2) is 0 Å². The van der Waals surface area contributed by atoms with Gasteiger partial charge in [-0.2, -0.15) is 26.3 Å². The summed E-state index contributed by atoms with van der Waals surface area (Å²) in [5, 5.41) is 0.446. The van der Waals surface area contributed by atoms with Crippen molar-refractivity contribution in [3.8, 4) is 0 Å². The largest absolute Gasteiger partial charge is 0.416 e. The minimum atomic E-state index is -4.65. The van der Waals surface area contributed by atoms with Crippen LogP contribution >= 0.6 is 0 Å². The maximum atomic E-state index is 13.3. The maximum absolute atomic E-state index is 13.3. The van der Waals surface area contributed by atoms with E-state index in [1.807, 2.05) is 9.80 Å². The maximum Gasteiger partial charge on any atom is 0.416 e. The number of anilines is 1. The highest BCUT2D eigenvalue weighted by Gasteiger charge is 2.34. The van der Waals surface area contributed by atoms with Gasteiger partial charge in [-0.05, 0) is 35.9 Å². The average Bonchev–Trinajstić information content (AvgIpc) is 3.12. The first-order valence-electron chi connectivity index (χ1n) is 9.53. The van der Waals surface area contributed by atoms with Crippen molar-refractivity contribution in [3.63, 3.8) is 0 Å². The zero-order valence-corrected chi connectivity index (χ0v) is 16.1. The van der Waals surface area contributed by atoms with Crippen molar-refractivity contribution >= 4 is 16.6 Å². The van der Waals surface area contributed by atoms with Crippen molar-refractivity contribution in [2.45, 2.75) is 18.9 Å². The van der Waals surface area contributed by atoms with Crippen molar-refractivity contribution in [1.82, 2.24) is 9.88 Å². The smallest absolute Gasteiger partial charge is 0.367 e. The number of benzene rings is 2. The topological polar surface area (TPSA) is 22.3 Å². The number of aromatic amines is 1. The molecule has 2 heterocycles. The van der Waals surface area contributed by atoms with E-state index in [0.29, 0.717) is 48.8 Å². The molecule has 3 nitrogen and oxygen atoms in total. The molecule has 1 fully saturated rings. The number of piperazine rings is 1. The Morgan fingerprint density at radius 2 is 1.55 bits per heavy atom. The summed E-state index contributed by atoms with van der Waals surface area (Å²) >= 11 is 0. The molecule has 1 aromatic heterocycles. The van der Waals surface area contributed by atoms with Gasteiger partial charge in [-0.1, -0.05) is 6.07 Å². The Balaban J connectivity index is 1.49. The normalized spacial score (nSPS) is 16.3. The van der Waals surface area contributed by atoms with Crippen LogP contribution in [0.2, 0.25) is 0 Å². The molecule has 166 valence electrons. The van der Waals surface area contributed by atoms with Gasteiger partial charge in [0.25, 0.3) is 0 Å². The van der Waals surface area contributed by atoms with Gasteiger partial charge in [-0.15, -0.1) is 0 Å². The standard InChI is InChI=1S/C21H18F7N3/c22-15-3-1-13(17(10-15)21(26,27)28)12-30-5-7-31(8-6-30)19-11-29-18-4-2-14(9-16(18)19)20(23,24)25/h1-4,9-11,29H,5-8,12H2. The van der Waals surface area contributed by atoms with Crippen molar-refractivity contribution < 1.29 is 30.7 Å². The van der Waals surface area contributed by atoms with Crippen LogP contribution in [0.15, 0.2) is 42.6 Å². The molecule has 0 atom stereocenters. The summed E-state index contributed by atoms with van der Waals surface area (Å²) < 4.78 is 92.1. The zero-order chi connectivity index (χ0) is 22.4. The van der Waals surface area contributed by atoms with Crippen LogP contribution in [0.5, 0.6) is 0 Å². The van der Waals surface area contributed by atoms with Gasteiger partial charge < -0.3 is 9.88 Å². The summed E-state index contributed by atoms with van der Waals surface area (Å²) in [5.41, 5.74) is -0.545. The van der Waals surface area contributed by atoms with E-state index in [0.717, 1.165) is 24.3 Å².